The third-order valence-electron chi connectivity index (χ3n) is 3.62. The number of benzene rings is 1. The molecule has 0 unspecified atom stereocenters. The van der Waals surface area contributed by atoms with Gasteiger partial charge in [-0.25, -0.2) is 0 Å². The van der Waals surface area contributed by atoms with Crippen LogP contribution >= 0.6 is 0 Å². The van der Waals surface area contributed by atoms with Gasteiger partial charge in [-0.15, -0.1) is 0 Å². The van der Waals surface area contributed by atoms with Crippen molar-refractivity contribution < 1.29 is 4.79 Å². The van der Waals surface area contributed by atoms with E-state index in [1.165, 1.54) is 11.1 Å². The third kappa shape index (κ3) is 2.23. The second-order valence-electron chi connectivity index (χ2n) is 4.81. The number of hydrogen-bond donors (Lipinski definition) is 2. The molecule has 3 rings (SSSR count). The normalized spacial score (nSPS) is 13.8. The SMILES string of the molecule is NNc1ccncc1C(=O)N1CCc2ccccc2C1. The van der Waals surface area contributed by atoms with E-state index in [-0.39, 0.29) is 5.91 Å². The lowest BCUT2D eigenvalue weighted by molar-refractivity contribution is 0.0735. The van der Waals surface area contributed by atoms with Crippen molar-refractivity contribution in [3.63, 3.8) is 0 Å². The molecule has 0 atom stereocenters. The van der Waals surface area contributed by atoms with Gasteiger partial charge in [-0.05, 0) is 23.6 Å². The highest BCUT2D eigenvalue weighted by Crippen LogP contribution is 2.22. The van der Waals surface area contributed by atoms with Gasteiger partial charge in [0, 0.05) is 25.5 Å². The highest BCUT2D eigenvalue weighted by molar-refractivity contribution is 5.99. The predicted molar refractivity (Wildman–Crippen MR) is 76.9 cm³/mol. The molecule has 0 fully saturated rings. The number of hydrogen-bond acceptors (Lipinski definition) is 4. The lowest BCUT2D eigenvalue weighted by Gasteiger charge is -2.29. The van der Waals surface area contributed by atoms with Crippen LogP contribution in [0, 0.1) is 0 Å². The second kappa shape index (κ2) is 5.30. The van der Waals surface area contributed by atoms with Crippen molar-refractivity contribution in [3.05, 3.63) is 59.4 Å². The summed E-state index contributed by atoms with van der Waals surface area (Å²) < 4.78 is 0. The molecule has 20 heavy (non-hydrogen) atoms. The maximum Gasteiger partial charge on any atom is 0.257 e. The van der Waals surface area contributed by atoms with E-state index in [0.29, 0.717) is 17.8 Å². The Labute approximate surface area is 117 Å². The summed E-state index contributed by atoms with van der Waals surface area (Å²) in [6.45, 7) is 1.35. The monoisotopic (exact) mass is 268 g/mol. The van der Waals surface area contributed by atoms with Gasteiger partial charge in [0.25, 0.3) is 5.91 Å². The van der Waals surface area contributed by atoms with E-state index < -0.39 is 0 Å². The summed E-state index contributed by atoms with van der Waals surface area (Å²) in [5.74, 6) is 5.40. The van der Waals surface area contributed by atoms with E-state index >= 15 is 0 Å². The Kier molecular flexibility index (Phi) is 3.35. The van der Waals surface area contributed by atoms with Crippen molar-refractivity contribution in [2.75, 3.05) is 12.0 Å². The number of aromatic nitrogens is 1. The molecule has 1 amide bonds. The molecule has 1 aliphatic heterocycles. The van der Waals surface area contributed by atoms with Gasteiger partial charge in [0.2, 0.25) is 0 Å². The van der Waals surface area contributed by atoms with Crippen molar-refractivity contribution in [2.45, 2.75) is 13.0 Å². The summed E-state index contributed by atoms with van der Waals surface area (Å²) in [4.78, 5) is 18.4. The first-order chi connectivity index (χ1) is 9.79. The first-order valence-corrected chi connectivity index (χ1v) is 6.56. The molecule has 0 aliphatic carbocycles. The van der Waals surface area contributed by atoms with Crippen molar-refractivity contribution in [1.29, 1.82) is 0 Å². The molecule has 3 N–H and O–H groups in total. The quantitative estimate of drug-likeness (QED) is 0.640. The molecule has 1 aliphatic rings. The number of rotatable bonds is 2. The van der Waals surface area contributed by atoms with E-state index in [4.69, 9.17) is 5.84 Å². The van der Waals surface area contributed by atoms with Gasteiger partial charge >= 0.3 is 0 Å². The lowest BCUT2D eigenvalue weighted by Crippen LogP contribution is -2.36. The summed E-state index contributed by atoms with van der Waals surface area (Å²) in [7, 11) is 0. The Hall–Kier alpha value is -2.40. The van der Waals surface area contributed by atoms with Crippen LogP contribution in [0.25, 0.3) is 0 Å². The highest BCUT2D eigenvalue weighted by Gasteiger charge is 2.23. The van der Waals surface area contributed by atoms with Gasteiger partial charge < -0.3 is 10.3 Å². The second-order valence-corrected chi connectivity index (χ2v) is 4.81. The Bertz CT molecular complexity index is 641. The average molecular weight is 268 g/mol. The first-order valence-electron chi connectivity index (χ1n) is 6.56. The molecule has 0 saturated heterocycles. The zero-order valence-electron chi connectivity index (χ0n) is 11.0. The number of carbonyl (C=O) groups is 1. The smallest absolute Gasteiger partial charge is 0.257 e. The molecule has 0 saturated carbocycles. The Morgan fingerprint density at radius 2 is 2.05 bits per heavy atom. The number of pyridine rings is 1. The van der Waals surface area contributed by atoms with E-state index in [1.807, 2.05) is 17.0 Å². The fourth-order valence-corrected chi connectivity index (χ4v) is 2.53. The maximum atomic E-state index is 12.6. The largest absolute Gasteiger partial charge is 0.334 e. The molecule has 1 aromatic carbocycles. The highest BCUT2D eigenvalue weighted by atomic mass is 16.2. The standard InChI is InChI=1S/C15H16N4O/c16-18-14-5-7-17-9-13(14)15(20)19-8-6-11-3-1-2-4-12(11)10-19/h1-5,7,9H,6,8,10,16H2,(H,17,18). The lowest BCUT2D eigenvalue weighted by atomic mass is 9.99. The summed E-state index contributed by atoms with van der Waals surface area (Å²) in [5, 5.41) is 0. The molecule has 1 aromatic heterocycles. The number of hydrazine groups is 1. The van der Waals surface area contributed by atoms with Crippen LogP contribution in [-0.4, -0.2) is 22.3 Å². The molecule has 2 heterocycles. The number of carbonyl (C=O) groups excluding carboxylic acids is 1. The zero-order chi connectivity index (χ0) is 13.9. The van der Waals surface area contributed by atoms with Crippen molar-refractivity contribution in [2.24, 2.45) is 5.84 Å². The summed E-state index contributed by atoms with van der Waals surface area (Å²) in [6.07, 6.45) is 4.04. The molecule has 5 nitrogen and oxygen atoms in total. The summed E-state index contributed by atoms with van der Waals surface area (Å²) >= 11 is 0. The number of anilines is 1. The molecule has 0 spiro atoms. The Balaban J connectivity index is 1.86. The van der Waals surface area contributed by atoms with Crippen LogP contribution in [0.5, 0.6) is 0 Å². The zero-order valence-corrected chi connectivity index (χ0v) is 11.0. The van der Waals surface area contributed by atoms with Gasteiger partial charge in [0.05, 0.1) is 11.3 Å². The minimum Gasteiger partial charge on any atom is -0.334 e. The Morgan fingerprint density at radius 3 is 2.85 bits per heavy atom. The van der Waals surface area contributed by atoms with Crippen LogP contribution in [0.4, 0.5) is 5.69 Å². The van der Waals surface area contributed by atoms with E-state index in [2.05, 4.69) is 22.5 Å². The van der Waals surface area contributed by atoms with Gasteiger partial charge in [0.1, 0.15) is 0 Å². The molecule has 0 bridgehead atoms. The Morgan fingerprint density at radius 1 is 1.25 bits per heavy atom. The molecular formula is C15H16N4O. The molecule has 0 radical (unpaired) electrons. The molecule has 2 aromatic rings. The predicted octanol–water partition coefficient (Wildman–Crippen LogP) is 1.57. The van der Waals surface area contributed by atoms with E-state index in [0.717, 1.165) is 13.0 Å². The van der Waals surface area contributed by atoms with Crippen molar-refractivity contribution in [3.8, 4) is 0 Å². The number of nitrogens with two attached hydrogens (primary N) is 1. The van der Waals surface area contributed by atoms with E-state index in [9.17, 15) is 4.79 Å². The van der Waals surface area contributed by atoms with Crippen LogP contribution in [0.15, 0.2) is 42.7 Å². The number of amides is 1. The number of nitrogen functional groups attached to an aromatic ring is 1. The third-order valence-corrected chi connectivity index (χ3v) is 3.62. The number of nitrogens with one attached hydrogen (secondary N) is 1. The van der Waals surface area contributed by atoms with Gasteiger partial charge in [-0.3, -0.25) is 15.6 Å². The molecule has 102 valence electrons. The van der Waals surface area contributed by atoms with Crippen LogP contribution in [-0.2, 0) is 13.0 Å². The van der Waals surface area contributed by atoms with Gasteiger partial charge in [-0.1, -0.05) is 24.3 Å². The van der Waals surface area contributed by atoms with Crippen LogP contribution < -0.4 is 11.3 Å². The molecule has 5 heteroatoms. The minimum atomic E-state index is -0.0412. The summed E-state index contributed by atoms with van der Waals surface area (Å²) in [5.41, 5.74) is 6.18. The van der Waals surface area contributed by atoms with Crippen LogP contribution in [0.1, 0.15) is 21.5 Å². The van der Waals surface area contributed by atoms with Gasteiger partial charge in [0.15, 0.2) is 0 Å². The van der Waals surface area contributed by atoms with Gasteiger partial charge in [-0.2, -0.15) is 0 Å². The van der Waals surface area contributed by atoms with E-state index in [1.54, 1.807) is 18.5 Å². The topological polar surface area (TPSA) is 71.2 Å². The van der Waals surface area contributed by atoms with Crippen molar-refractivity contribution >= 4 is 11.6 Å². The number of fused-ring (bicyclic) bond motifs is 1. The average Bonchev–Trinajstić information content (AvgIpc) is 2.53. The fourth-order valence-electron chi connectivity index (χ4n) is 2.53. The summed E-state index contributed by atoms with van der Waals surface area (Å²) in [6, 6.07) is 9.93. The number of nitrogens with zero attached hydrogens (tertiary/aromatic N) is 2. The first kappa shape index (κ1) is 12.6. The maximum absolute atomic E-state index is 12.6. The minimum absolute atomic E-state index is 0.0412. The van der Waals surface area contributed by atoms with Crippen LogP contribution in [0.3, 0.4) is 0 Å². The van der Waals surface area contributed by atoms with Crippen LogP contribution in [0.2, 0.25) is 0 Å². The van der Waals surface area contributed by atoms with Crippen molar-refractivity contribution in [1.82, 2.24) is 9.88 Å². The molecular weight excluding hydrogens is 252 g/mol. The fraction of sp³-hybridized carbons (Fsp3) is 0.200.